The highest BCUT2D eigenvalue weighted by molar-refractivity contribution is 7.92. The number of aliphatic hydroxyl groups is 1. The van der Waals surface area contributed by atoms with Gasteiger partial charge in [0.05, 0.1) is 24.2 Å². The Morgan fingerprint density at radius 1 is 1.37 bits per heavy atom. The Bertz CT molecular complexity index is 694. The smallest absolute Gasteiger partial charge is 0.279 e. The highest BCUT2D eigenvalue weighted by Gasteiger charge is 2.21. The number of aromatic nitrogens is 3. The van der Waals surface area contributed by atoms with Crippen molar-refractivity contribution in [1.29, 1.82) is 0 Å². The summed E-state index contributed by atoms with van der Waals surface area (Å²) in [5.74, 6) is 0. The number of nitrogens with zero attached hydrogens (tertiary/aromatic N) is 2. The third-order valence-electron chi connectivity index (χ3n) is 2.59. The van der Waals surface area contributed by atoms with E-state index in [2.05, 4.69) is 19.9 Å². The van der Waals surface area contributed by atoms with Gasteiger partial charge >= 0.3 is 0 Å². The fourth-order valence-corrected chi connectivity index (χ4v) is 2.88. The van der Waals surface area contributed by atoms with Crippen molar-refractivity contribution in [3.63, 3.8) is 0 Å². The number of sulfonamides is 1. The van der Waals surface area contributed by atoms with Crippen LogP contribution in [0.5, 0.6) is 0 Å². The average Bonchev–Trinajstić information content (AvgIpc) is 2.82. The molecule has 19 heavy (non-hydrogen) atoms. The highest BCUT2D eigenvalue weighted by atomic mass is 32.2. The Hall–Kier alpha value is -1.93. The van der Waals surface area contributed by atoms with E-state index in [1.165, 1.54) is 6.20 Å². The Morgan fingerprint density at radius 3 is 2.74 bits per heavy atom. The zero-order chi connectivity index (χ0) is 14.0. The predicted molar refractivity (Wildman–Crippen MR) is 69.0 cm³/mol. The number of aromatic amines is 1. The second-order valence-electron chi connectivity index (χ2n) is 4.07. The maximum absolute atomic E-state index is 12.2. The van der Waals surface area contributed by atoms with Crippen molar-refractivity contribution in [2.24, 2.45) is 0 Å². The van der Waals surface area contributed by atoms with Crippen LogP contribution < -0.4 is 4.72 Å². The molecule has 2 aromatic rings. The van der Waals surface area contributed by atoms with Gasteiger partial charge in [0, 0.05) is 11.3 Å². The molecule has 7 nitrogen and oxygen atoms in total. The van der Waals surface area contributed by atoms with Crippen LogP contribution in [0.2, 0.25) is 0 Å². The van der Waals surface area contributed by atoms with Gasteiger partial charge in [-0.2, -0.15) is 13.5 Å². The van der Waals surface area contributed by atoms with Gasteiger partial charge in [-0.25, -0.2) is 0 Å². The second kappa shape index (κ2) is 4.98. The zero-order valence-electron chi connectivity index (χ0n) is 10.5. The number of pyridine rings is 1. The number of aliphatic hydroxyl groups excluding tert-OH is 1. The van der Waals surface area contributed by atoms with E-state index in [4.69, 9.17) is 5.11 Å². The van der Waals surface area contributed by atoms with Crippen LogP contribution in [0, 0.1) is 13.8 Å². The van der Waals surface area contributed by atoms with E-state index in [9.17, 15) is 8.42 Å². The molecule has 0 fully saturated rings. The molecule has 0 spiro atoms. The van der Waals surface area contributed by atoms with Gasteiger partial charge in [0.1, 0.15) is 0 Å². The second-order valence-corrected chi connectivity index (χ2v) is 5.69. The zero-order valence-corrected chi connectivity index (χ0v) is 11.3. The van der Waals surface area contributed by atoms with Gasteiger partial charge in [-0.3, -0.25) is 14.8 Å². The number of hydrogen-bond donors (Lipinski definition) is 3. The minimum atomic E-state index is -3.82. The molecule has 2 rings (SSSR count). The maximum atomic E-state index is 12.2. The monoisotopic (exact) mass is 282 g/mol. The molecule has 0 amide bonds. The topological polar surface area (TPSA) is 108 Å². The van der Waals surface area contributed by atoms with Crippen molar-refractivity contribution in [2.45, 2.75) is 25.5 Å². The summed E-state index contributed by atoms with van der Waals surface area (Å²) in [5, 5.41) is 14.9. The number of hydrogen-bond acceptors (Lipinski definition) is 5. The average molecular weight is 282 g/mol. The van der Waals surface area contributed by atoms with Crippen molar-refractivity contribution >= 4 is 15.7 Å². The van der Waals surface area contributed by atoms with Gasteiger partial charge in [0.2, 0.25) is 0 Å². The van der Waals surface area contributed by atoms with Crippen molar-refractivity contribution < 1.29 is 13.5 Å². The van der Waals surface area contributed by atoms with Crippen LogP contribution in [0.25, 0.3) is 0 Å². The number of aryl methyl sites for hydroxylation is 2. The van der Waals surface area contributed by atoms with E-state index in [-0.39, 0.29) is 10.6 Å². The molecule has 0 aliphatic rings. The van der Waals surface area contributed by atoms with Crippen LogP contribution in [0.1, 0.15) is 17.0 Å². The summed E-state index contributed by atoms with van der Waals surface area (Å²) < 4.78 is 26.7. The lowest BCUT2D eigenvalue weighted by molar-refractivity contribution is 0.278. The molecule has 3 N–H and O–H groups in total. The molecule has 102 valence electrons. The molecule has 2 heterocycles. The van der Waals surface area contributed by atoms with Crippen LogP contribution in [0.4, 0.5) is 5.69 Å². The molecule has 0 aliphatic heterocycles. The third kappa shape index (κ3) is 2.74. The first-order valence-corrected chi connectivity index (χ1v) is 7.02. The number of H-pyrrole nitrogens is 1. The molecular formula is C11H14N4O3S. The van der Waals surface area contributed by atoms with Crippen molar-refractivity contribution in [3.05, 3.63) is 35.3 Å². The maximum Gasteiger partial charge on any atom is 0.279 e. The molecule has 8 heteroatoms. The van der Waals surface area contributed by atoms with Crippen molar-refractivity contribution in [3.8, 4) is 0 Å². The molecule has 0 aromatic carbocycles. The number of anilines is 1. The molecule has 0 radical (unpaired) electrons. The summed E-state index contributed by atoms with van der Waals surface area (Å²) in [6.07, 6.45) is 1.27. The number of nitrogens with one attached hydrogen (secondary N) is 2. The summed E-state index contributed by atoms with van der Waals surface area (Å²) >= 11 is 0. The largest absolute Gasteiger partial charge is 0.392 e. The van der Waals surface area contributed by atoms with Gasteiger partial charge in [-0.1, -0.05) is 0 Å². The van der Waals surface area contributed by atoms with Gasteiger partial charge in [-0.05, 0) is 26.0 Å². The van der Waals surface area contributed by atoms with Crippen molar-refractivity contribution in [1.82, 2.24) is 15.2 Å². The van der Waals surface area contributed by atoms with Crippen LogP contribution >= 0.6 is 0 Å². The summed E-state index contributed by atoms with van der Waals surface area (Å²) in [5.41, 5.74) is 1.99. The molecule has 0 unspecified atom stereocenters. The van der Waals surface area contributed by atoms with Crippen LogP contribution in [0.3, 0.4) is 0 Å². The summed E-state index contributed by atoms with van der Waals surface area (Å²) in [4.78, 5) is 4.18. The molecule has 0 saturated carbocycles. The first kappa shape index (κ1) is 13.5. The van der Waals surface area contributed by atoms with E-state index in [1.807, 2.05) is 6.92 Å². The van der Waals surface area contributed by atoms with Crippen molar-refractivity contribution in [2.75, 3.05) is 4.72 Å². The molecule has 0 bridgehead atoms. The quantitative estimate of drug-likeness (QED) is 0.765. The van der Waals surface area contributed by atoms with Gasteiger partial charge < -0.3 is 5.11 Å². The molecule has 0 atom stereocenters. The van der Waals surface area contributed by atoms with Crippen LogP contribution in [-0.4, -0.2) is 28.7 Å². The van der Waals surface area contributed by atoms with E-state index in [0.29, 0.717) is 11.4 Å². The van der Waals surface area contributed by atoms with E-state index < -0.39 is 16.6 Å². The molecular weight excluding hydrogens is 268 g/mol. The lowest BCUT2D eigenvalue weighted by atomic mass is 10.3. The number of rotatable bonds is 4. The first-order valence-electron chi connectivity index (χ1n) is 5.54. The Kier molecular flexibility index (Phi) is 3.54. The third-order valence-corrected chi connectivity index (χ3v) is 3.97. The van der Waals surface area contributed by atoms with E-state index in [0.717, 1.165) is 5.69 Å². The highest BCUT2D eigenvalue weighted by Crippen LogP contribution is 2.19. The molecule has 0 aliphatic carbocycles. The lowest BCUT2D eigenvalue weighted by Gasteiger charge is -2.10. The summed E-state index contributed by atoms with van der Waals surface area (Å²) in [6.45, 7) is 3.13. The summed E-state index contributed by atoms with van der Waals surface area (Å²) in [6, 6.07) is 3.36. The fourth-order valence-electron chi connectivity index (χ4n) is 1.63. The Balaban J connectivity index is 2.37. The lowest BCUT2D eigenvalue weighted by Crippen LogP contribution is -2.16. The normalized spacial score (nSPS) is 11.5. The standard InChI is InChI=1S/C11H14N4O3S/c1-7-3-4-10(8(2)13-7)15-19(17,18)11-9(6-16)5-12-14-11/h3-5,15-16H,6H2,1-2H3,(H,12,14). The van der Waals surface area contributed by atoms with Gasteiger partial charge in [0.25, 0.3) is 10.0 Å². The van der Waals surface area contributed by atoms with Gasteiger partial charge in [-0.15, -0.1) is 0 Å². The van der Waals surface area contributed by atoms with E-state index >= 15 is 0 Å². The molecule has 0 saturated heterocycles. The molecule has 2 aromatic heterocycles. The minimum Gasteiger partial charge on any atom is -0.392 e. The Labute approximate surface area is 110 Å². The minimum absolute atomic E-state index is 0.144. The fraction of sp³-hybridized carbons (Fsp3) is 0.273. The van der Waals surface area contributed by atoms with Gasteiger partial charge in [0.15, 0.2) is 5.03 Å². The van der Waals surface area contributed by atoms with Crippen LogP contribution in [-0.2, 0) is 16.6 Å². The predicted octanol–water partition coefficient (Wildman–Crippen LogP) is 0.715. The Morgan fingerprint density at radius 2 is 2.11 bits per heavy atom. The SMILES string of the molecule is Cc1ccc(NS(=O)(=O)c2[nH]ncc2CO)c(C)n1. The summed E-state index contributed by atoms with van der Waals surface area (Å²) in [7, 11) is -3.82. The first-order chi connectivity index (χ1) is 8.94. The van der Waals surface area contributed by atoms with Crippen LogP contribution in [0.15, 0.2) is 23.4 Å². The van der Waals surface area contributed by atoms with E-state index in [1.54, 1.807) is 19.1 Å².